The summed E-state index contributed by atoms with van der Waals surface area (Å²) in [5.41, 5.74) is 3.52. The number of carboxylic acid groups (broad SMARTS) is 1. The number of carbonyl (C=O) groups excluding carboxylic acids is 1. The highest BCUT2D eigenvalue weighted by Crippen LogP contribution is 2.38. The molecule has 0 spiro atoms. The molecule has 1 aliphatic rings. The number of hydrogen-bond donors (Lipinski definition) is 1. The standard InChI is InChI=1S/C26H20Cl2N2O4S/c1-15-3-5-16(6-4-15)14-34-23-20(27)11-17(12-21(23)28)13-22-24(31)30(2)26(35-22)29-19-9-7-18(8-10-19)25(32)33/h3-13H,14H2,1-2H3,(H,32,33). The molecule has 1 fully saturated rings. The lowest BCUT2D eigenvalue weighted by atomic mass is 10.1. The summed E-state index contributed by atoms with van der Waals surface area (Å²) < 4.78 is 5.84. The van der Waals surface area contributed by atoms with E-state index in [1.54, 1.807) is 37.4 Å². The Balaban J connectivity index is 1.52. The van der Waals surface area contributed by atoms with Crippen LogP contribution in [-0.4, -0.2) is 34.1 Å². The molecule has 0 radical (unpaired) electrons. The molecule has 1 aliphatic heterocycles. The van der Waals surface area contributed by atoms with Crippen LogP contribution in [0.3, 0.4) is 0 Å². The first-order chi connectivity index (χ1) is 16.7. The van der Waals surface area contributed by atoms with Crippen LogP contribution in [0, 0.1) is 6.92 Å². The Hall–Kier alpha value is -3.26. The van der Waals surface area contributed by atoms with Crippen LogP contribution in [0.4, 0.5) is 5.69 Å². The second-order valence-electron chi connectivity index (χ2n) is 7.81. The van der Waals surface area contributed by atoms with Gasteiger partial charge in [0.1, 0.15) is 6.61 Å². The van der Waals surface area contributed by atoms with Crippen molar-refractivity contribution in [3.05, 3.63) is 97.9 Å². The summed E-state index contributed by atoms with van der Waals surface area (Å²) in [6, 6.07) is 17.5. The zero-order chi connectivity index (χ0) is 25.1. The minimum Gasteiger partial charge on any atom is -0.486 e. The van der Waals surface area contributed by atoms with Gasteiger partial charge in [0.05, 0.1) is 26.2 Å². The second-order valence-corrected chi connectivity index (χ2v) is 9.63. The van der Waals surface area contributed by atoms with E-state index in [1.165, 1.54) is 28.8 Å². The predicted molar refractivity (Wildman–Crippen MR) is 141 cm³/mol. The van der Waals surface area contributed by atoms with Gasteiger partial charge in [-0.05, 0) is 72.3 Å². The summed E-state index contributed by atoms with van der Waals surface area (Å²) in [7, 11) is 1.63. The summed E-state index contributed by atoms with van der Waals surface area (Å²) in [6.45, 7) is 2.34. The van der Waals surface area contributed by atoms with Crippen LogP contribution < -0.4 is 4.74 Å². The van der Waals surface area contributed by atoms with Crippen molar-refractivity contribution in [2.24, 2.45) is 4.99 Å². The van der Waals surface area contributed by atoms with E-state index in [9.17, 15) is 9.59 Å². The van der Waals surface area contributed by atoms with Crippen LogP contribution in [0.5, 0.6) is 5.75 Å². The van der Waals surface area contributed by atoms with Gasteiger partial charge in [-0.2, -0.15) is 0 Å². The van der Waals surface area contributed by atoms with Gasteiger partial charge in [-0.25, -0.2) is 9.79 Å². The number of aromatic carboxylic acids is 1. The van der Waals surface area contributed by atoms with Crippen LogP contribution in [-0.2, 0) is 11.4 Å². The Kier molecular flexibility index (Phi) is 7.50. The van der Waals surface area contributed by atoms with Crippen molar-refractivity contribution in [3.8, 4) is 5.75 Å². The number of aryl methyl sites for hydroxylation is 1. The Bertz CT molecular complexity index is 1330. The lowest BCUT2D eigenvalue weighted by molar-refractivity contribution is -0.121. The molecule has 1 amide bonds. The largest absolute Gasteiger partial charge is 0.486 e. The number of aliphatic imine (C=N–C) groups is 1. The number of thioether (sulfide) groups is 1. The number of ether oxygens (including phenoxy) is 1. The molecule has 3 aromatic rings. The fraction of sp³-hybridized carbons (Fsp3) is 0.115. The number of nitrogens with zero attached hydrogens (tertiary/aromatic N) is 2. The lowest BCUT2D eigenvalue weighted by Gasteiger charge is -2.11. The predicted octanol–water partition coefficient (Wildman–Crippen LogP) is 6.81. The highest BCUT2D eigenvalue weighted by molar-refractivity contribution is 8.18. The number of hydrogen-bond acceptors (Lipinski definition) is 5. The third-order valence-electron chi connectivity index (χ3n) is 5.16. The monoisotopic (exact) mass is 526 g/mol. The Morgan fingerprint density at radius 2 is 1.71 bits per heavy atom. The molecular formula is C26H20Cl2N2O4S. The summed E-state index contributed by atoms with van der Waals surface area (Å²) in [4.78, 5) is 30.1. The summed E-state index contributed by atoms with van der Waals surface area (Å²) in [6.07, 6.45) is 1.70. The van der Waals surface area contributed by atoms with Crippen molar-refractivity contribution >= 4 is 63.8 Å². The van der Waals surface area contributed by atoms with E-state index in [4.69, 9.17) is 33.0 Å². The van der Waals surface area contributed by atoms with Crippen molar-refractivity contribution in [2.75, 3.05) is 7.05 Å². The number of rotatable bonds is 6. The normalized spacial score (nSPS) is 15.8. The molecule has 9 heteroatoms. The average Bonchev–Trinajstić information content (AvgIpc) is 3.07. The fourth-order valence-electron chi connectivity index (χ4n) is 3.23. The first-order valence-electron chi connectivity index (χ1n) is 10.5. The molecule has 0 saturated carbocycles. The molecule has 3 aromatic carbocycles. The average molecular weight is 527 g/mol. The van der Waals surface area contributed by atoms with Crippen molar-refractivity contribution in [1.29, 1.82) is 0 Å². The van der Waals surface area contributed by atoms with Gasteiger partial charge >= 0.3 is 5.97 Å². The summed E-state index contributed by atoms with van der Waals surface area (Å²) in [5.74, 6) is -0.852. The lowest BCUT2D eigenvalue weighted by Crippen LogP contribution is -2.23. The van der Waals surface area contributed by atoms with Gasteiger partial charge in [0.15, 0.2) is 10.9 Å². The quantitative estimate of drug-likeness (QED) is 0.356. The zero-order valence-corrected chi connectivity index (χ0v) is 21.1. The van der Waals surface area contributed by atoms with Crippen LogP contribution >= 0.6 is 35.0 Å². The molecule has 1 heterocycles. The van der Waals surface area contributed by atoms with Crippen molar-refractivity contribution < 1.29 is 19.4 Å². The molecule has 1 saturated heterocycles. The fourth-order valence-corrected chi connectivity index (χ4v) is 4.83. The second kappa shape index (κ2) is 10.6. The maximum Gasteiger partial charge on any atom is 0.335 e. The molecule has 6 nitrogen and oxygen atoms in total. The Labute approximate surface area is 216 Å². The van der Waals surface area contributed by atoms with Gasteiger partial charge in [0.25, 0.3) is 5.91 Å². The van der Waals surface area contributed by atoms with E-state index >= 15 is 0 Å². The Morgan fingerprint density at radius 1 is 1.09 bits per heavy atom. The third kappa shape index (κ3) is 5.88. The molecule has 0 bridgehead atoms. The first-order valence-corrected chi connectivity index (χ1v) is 12.1. The van der Waals surface area contributed by atoms with Gasteiger partial charge in [-0.1, -0.05) is 53.0 Å². The van der Waals surface area contributed by atoms with E-state index in [0.29, 0.717) is 43.7 Å². The minimum atomic E-state index is -1.01. The van der Waals surface area contributed by atoms with E-state index in [2.05, 4.69) is 4.99 Å². The van der Waals surface area contributed by atoms with Gasteiger partial charge < -0.3 is 9.84 Å². The zero-order valence-electron chi connectivity index (χ0n) is 18.8. The molecule has 178 valence electrons. The van der Waals surface area contributed by atoms with Gasteiger partial charge in [-0.3, -0.25) is 9.69 Å². The molecular weight excluding hydrogens is 507 g/mol. The van der Waals surface area contributed by atoms with Crippen molar-refractivity contribution in [3.63, 3.8) is 0 Å². The van der Waals surface area contributed by atoms with Gasteiger partial charge in [0.2, 0.25) is 0 Å². The number of benzene rings is 3. The maximum absolute atomic E-state index is 12.8. The highest BCUT2D eigenvalue weighted by atomic mass is 35.5. The van der Waals surface area contributed by atoms with Crippen molar-refractivity contribution in [2.45, 2.75) is 13.5 Å². The summed E-state index contributed by atoms with van der Waals surface area (Å²) >= 11 is 14.1. The Morgan fingerprint density at radius 3 is 2.31 bits per heavy atom. The highest BCUT2D eigenvalue weighted by Gasteiger charge is 2.30. The number of amides is 1. The number of carboxylic acids is 1. The molecule has 0 aliphatic carbocycles. The topological polar surface area (TPSA) is 79.2 Å². The smallest absolute Gasteiger partial charge is 0.335 e. The molecule has 4 rings (SSSR count). The van der Waals surface area contributed by atoms with E-state index in [0.717, 1.165) is 11.1 Å². The first kappa shape index (κ1) is 24.9. The van der Waals surface area contributed by atoms with Gasteiger partial charge in [-0.15, -0.1) is 0 Å². The molecule has 0 aromatic heterocycles. The van der Waals surface area contributed by atoms with Crippen LogP contribution in [0.15, 0.2) is 70.6 Å². The SMILES string of the molecule is Cc1ccc(COc2c(Cl)cc(C=C3SC(=Nc4ccc(C(=O)O)cc4)N(C)C3=O)cc2Cl)cc1. The molecule has 35 heavy (non-hydrogen) atoms. The van der Waals surface area contributed by atoms with Crippen LogP contribution in [0.2, 0.25) is 10.0 Å². The molecule has 1 N–H and O–H groups in total. The molecule has 0 atom stereocenters. The number of halogens is 2. The molecule has 0 unspecified atom stereocenters. The van der Waals surface area contributed by atoms with Crippen LogP contribution in [0.25, 0.3) is 6.08 Å². The van der Waals surface area contributed by atoms with Crippen LogP contribution in [0.1, 0.15) is 27.0 Å². The minimum absolute atomic E-state index is 0.165. The van der Waals surface area contributed by atoms with E-state index < -0.39 is 5.97 Å². The van der Waals surface area contributed by atoms with E-state index in [-0.39, 0.29) is 11.5 Å². The van der Waals surface area contributed by atoms with Gasteiger partial charge in [0, 0.05) is 7.05 Å². The number of carbonyl (C=O) groups is 2. The number of likely N-dealkylation sites (N-methyl/N-ethyl adjacent to an activating group) is 1. The maximum atomic E-state index is 12.8. The number of amidine groups is 1. The summed E-state index contributed by atoms with van der Waals surface area (Å²) in [5, 5.41) is 10.2. The van der Waals surface area contributed by atoms with E-state index in [1.807, 2.05) is 31.2 Å². The third-order valence-corrected chi connectivity index (χ3v) is 6.79. The van der Waals surface area contributed by atoms with Crippen molar-refractivity contribution in [1.82, 2.24) is 4.90 Å².